The van der Waals surface area contributed by atoms with E-state index in [0.717, 1.165) is 12.8 Å². The van der Waals surface area contributed by atoms with E-state index in [9.17, 15) is 0 Å². The van der Waals surface area contributed by atoms with Crippen LogP contribution in [-0.4, -0.2) is 0 Å². The second-order valence-corrected chi connectivity index (χ2v) is 5.91. The van der Waals surface area contributed by atoms with Gasteiger partial charge < -0.3 is 19.8 Å². The van der Waals surface area contributed by atoms with Gasteiger partial charge in [0.2, 0.25) is 0 Å². The summed E-state index contributed by atoms with van der Waals surface area (Å²) in [6.45, 7) is 22.2. The third-order valence-corrected chi connectivity index (χ3v) is 1.44. The van der Waals surface area contributed by atoms with Gasteiger partial charge in [0, 0.05) is 0 Å². The Morgan fingerprint density at radius 3 is 1.30 bits per heavy atom. The molecule has 0 amide bonds. The maximum absolute atomic E-state index is 3.49. The van der Waals surface area contributed by atoms with Gasteiger partial charge in [0.1, 0.15) is 0 Å². The van der Waals surface area contributed by atoms with Crippen LogP contribution in [0.3, 0.4) is 0 Å². The van der Waals surface area contributed by atoms with Crippen LogP contribution in [0.4, 0.5) is 0 Å². The first-order valence-electron chi connectivity index (χ1n) is 7.29. The van der Waals surface area contributed by atoms with Gasteiger partial charge in [0.25, 0.3) is 0 Å². The van der Waals surface area contributed by atoms with Crippen LogP contribution >= 0.6 is 0 Å². The van der Waals surface area contributed by atoms with Crippen molar-refractivity contribution < 1.29 is 26.2 Å². The molecule has 0 aliphatic heterocycles. The molecule has 0 heterocycles. The Kier molecular flexibility index (Phi) is 30.6. The monoisotopic (exact) mass is 354 g/mol. The van der Waals surface area contributed by atoms with Gasteiger partial charge in [-0.3, -0.25) is 0 Å². The second kappa shape index (κ2) is 21.5. The molecule has 116 valence electrons. The average Bonchev–Trinajstić information content (AvgIpc) is 2.72. The van der Waals surface area contributed by atoms with Crippen LogP contribution < -0.4 is 0 Å². The van der Waals surface area contributed by atoms with Crippen molar-refractivity contribution >= 4 is 0 Å². The summed E-state index contributed by atoms with van der Waals surface area (Å²) in [4.78, 5) is 0. The number of hydrogen-bond acceptors (Lipinski definition) is 0. The predicted molar refractivity (Wildman–Crippen MR) is 92.0 cm³/mol. The minimum Gasteiger partial charge on any atom is -0.344 e. The summed E-state index contributed by atoms with van der Waals surface area (Å²) in [5.74, 6) is 1.53. The molecule has 0 aliphatic carbocycles. The zero-order valence-electron chi connectivity index (χ0n) is 14.9. The van der Waals surface area contributed by atoms with Crippen LogP contribution in [0, 0.1) is 25.2 Å². The molecule has 0 aliphatic rings. The first-order valence-corrected chi connectivity index (χ1v) is 7.29. The van der Waals surface area contributed by atoms with E-state index < -0.39 is 0 Å². The second-order valence-electron chi connectivity index (χ2n) is 5.91. The quantitative estimate of drug-likeness (QED) is 0.480. The Balaban J connectivity index is -0.0000000922. The number of rotatable bonds is 1. The zero-order valence-corrected chi connectivity index (χ0v) is 17.4. The fourth-order valence-corrected chi connectivity index (χ4v) is 1.38. The molecule has 0 radical (unpaired) electrons. The minimum atomic E-state index is 0. The van der Waals surface area contributed by atoms with Crippen molar-refractivity contribution in [3.8, 4) is 0 Å². The molecular formula is C19H36Zr. The van der Waals surface area contributed by atoms with Gasteiger partial charge in [-0.05, 0) is 0 Å². The van der Waals surface area contributed by atoms with Crippen molar-refractivity contribution in [2.45, 2.75) is 67.7 Å². The fourth-order valence-electron chi connectivity index (χ4n) is 1.38. The normalized spacial score (nSPS) is 8.90. The smallest absolute Gasteiger partial charge is 0.344 e. The summed E-state index contributed by atoms with van der Waals surface area (Å²) in [6.07, 6.45) is 3.24. The summed E-state index contributed by atoms with van der Waals surface area (Å²) in [6, 6.07) is 10.0. The molecule has 1 rings (SSSR count). The maximum Gasteiger partial charge on any atom is 4.00 e. The van der Waals surface area contributed by atoms with Gasteiger partial charge in [-0.1, -0.05) is 40.0 Å². The maximum atomic E-state index is 3.49. The van der Waals surface area contributed by atoms with Gasteiger partial charge >= 0.3 is 26.2 Å². The number of hydrogen-bond donors (Lipinski definition) is 0. The van der Waals surface area contributed by atoms with Crippen LogP contribution in [0.25, 0.3) is 0 Å². The molecule has 1 heteroatoms. The van der Waals surface area contributed by atoms with E-state index in [-0.39, 0.29) is 26.2 Å². The molecule has 0 unspecified atom stereocenters. The van der Waals surface area contributed by atoms with Gasteiger partial charge in [-0.25, -0.2) is 12.1 Å². The Morgan fingerprint density at radius 1 is 0.950 bits per heavy atom. The van der Waals surface area contributed by atoms with Crippen molar-refractivity contribution in [3.63, 3.8) is 0 Å². The van der Waals surface area contributed by atoms with E-state index in [2.05, 4.69) is 48.5 Å². The van der Waals surface area contributed by atoms with Gasteiger partial charge in [0.05, 0.1) is 0 Å². The molecule has 0 saturated heterocycles. The Morgan fingerprint density at radius 2 is 1.25 bits per heavy atom. The first-order chi connectivity index (χ1) is 8.74. The Hall–Kier alpha value is 0.233. The third kappa shape index (κ3) is 51.7. The van der Waals surface area contributed by atoms with Crippen LogP contribution in [0.5, 0.6) is 0 Å². The van der Waals surface area contributed by atoms with Crippen molar-refractivity contribution in [2.24, 2.45) is 5.41 Å². The molecule has 0 atom stereocenters. The van der Waals surface area contributed by atoms with E-state index in [1.54, 1.807) is 0 Å². The molecule has 0 bridgehead atoms. The third-order valence-electron chi connectivity index (χ3n) is 1.44. The van der Waals surface area contributed by atoms with E-state index in [0.29, 0.717) is 5.41 Å². The SMILES string of the molecule is C[C-](C)CC(C)(C)C.[CH2-]CC.[CH2-]CC.[Zr+4].c1cc[cH-]c1. The average molecular weight is 356 g/mol. The standard InChI is InChI=1S/C8H17.C5H5.2C3H7.Zr/c1-7(2)6-8(3,4)5;1-2-4-5-3-1;2*1-3-2;/h6H2,1-5H3;1-5H;2*1,3H2,2H3;/q4*-1;+4. The molecule has 1 aromatic rings. The van der Waals surface area contributed by atoms with E-state index in [1.807, 2.05) is 44.2 Å². The largest absolute Gasteiger partial charge is 4.00 e. The molecule has 1 aromatic carbocycles. The first kappa shape index (κ1) is 28.4. The van der Waals surface area contributed by atoms with Crippen molar-refractivity contribution in [1.29, 1.82) is 0 Å². The molecule has 0 spiro atoms. The van der Waals surface area contributed by atoms with Crippen molar-refractivity contribution in [2.75, 3.05) is 0 Å². The predicted octanol–water partition coefficient (Wildman–Crippen LogP) is 6.90. The summed E-state index contributed by atoms with van der Waals surface area (Å²) in [5, 5.41) is 0. The molecular weight excluding hydrogens is 319 g/mol. The summed E-state index contributed by atoms with van der Waals surface area (Å²) >= 11 is 0. The summed E-state index contributed by atoms with van der Waals surface area (Å²) in [5.41, 5.74) is 0.485. The van der Waals surface area contributed by atoms with Crippen LogP contribution in [0.15, 0.2) is 30.3 Å². The van der Waals surface area contributed by atoms with Crippen molar-refractivity contribution in [3.05, 3.63) is 50.1 Å². The molecule has 0 aromatic heterocycles. The topological polar surface area (TPSA) is 0 Å². The molecule has 0 nitrogen and oxygen atoms in total. The van der Waals surface area contributed by atoms with Crippen LogP contribution in [-0.2, 0) is 26.2 Å². The van der Waals surface area contributed by atoms with Gasteiger partial charge in [-0.2, -0.15) is 51.3 Å². The van der Waals surface area contributed by atoms with Crippen molar-refractivity contribution in [1.82, 2.24) is 0 Å². The molecule has 0 N–H and O–H groups in total. The summed E-state index contributed by atoms with van der Waals surface area (Å²) < 4.78 is 0. The van der Waals surface area contributed by atoms with E-state index in [1.165, 1.54) is 12.3 Å². The Bertz CT molecular complexity index is 185. The van der Waals surface area contributed by atoms with E-state index >= 15 is 0 Å². The van der Waals surface area contributed by atoms with Crippen LogP contribution in [0.2, 0.25) is 0 Å². The Labute approximate surface area is 149 Å². The molecule has 0 fully saturated rings. The zero-order chi connectivity index (χ0) is 15.7. The van der Waals surface area contributed by atoms with Gasteiger partial charge in [0.15, 0.2) is 0 Å². The summed E-state index contributed by atoms with van der Waals surface area (Å²) in [7, 11) is 0. The minimum absolute atomic E-state index is 0. The van der Waals surface area contributed by atoms with Crippen LogP contribution in [0.1, 0.15) is 67.7 Å². The molecule has 0 saturated carbocycles. The molecule has 20 heavy (non-hydrogen) atoms. The van der Waals surface area contributed by atoms with E-state index in [4.69, 9.17) is 0 Å². The van der Waals surface area contributed by atoms with Gasteiger partial charge in [-0.15, -0.1) is 0 Å². The fraction of sp³-hybridized carbons (Fsp3) is 0.579.